The smallest absolute Gasteiger partial charge is 0.310 e. The zero-order valence-electron chi connectivity index (χ0n) is 13.3. The second kappa shape index (κ2) is 6.26. The standard InChI is InChI=1S/C16H24N2O3/c1-11-8-6-7-9-12(11)18-13(19)10-17-16(4,5)15(2,3)14(20)21/h6-9,17H,10H2,1-5H3,(H,18,19)(H,20,21). The molecule has 0 aromatic heterocycles. The topological polar surface area (TPSA) is 78.4 Å². The van der Waals surface area contributed by atoms with Gasteiger partial charge in [0.05, 0.1) is 12.0 Å². The Bertz CT molecular complexity index is 536. The highest BCUT2D eigenvalue weighted by atomic mass is 16.4. The van der Waals surface area contributed by atoms with E-state index in [1.165, 1.54) is 0 Å². The Morgan fingerprint density at radius 1 is 1.14 bits per heavy atom. The van der Waals surface area contributed by atoms with Crippen LogP contribution in [0.25, 0.3) is 0 Å². The van der Waals surface area contributed by atoms with Gasteiger partial charge in [0, 0.05) is 11.2 Å². The number of para-hydroxylation sites is 1. The third kappa shape index (κ3) is 4.04. The molecule has 0 unspecified atom stereocenters. The lowest BCUT2D eigenvalue weighted by molar-refractivity contribution is -0.151. The number of carboxylic acid groups (broad SMARTS) is 1. The molecule has 116 valence electrons. The first-order chi connectivity index (χ1) is 9.58. The van der Waals surface area contributed by atoms with Gasteiger partial charge in [-0.1, -0.05) is 18.2 Å². The molecule has 1 rings (SSSR count). The van der Waals surface area contributed by atoms with Gasteiger partial charge in [-0.3, -0.25) is 9.59 Å². The molecule has 1 amide bonds. The van der Waals surface area contributed by atoms with E-state index < -0.39 is 16.9 Å². The number of aliphatic carboxylic acids is 1. The highest BCUT2D eigenvalue weighted by Crippen LogP contribution is 2.30. The minimum atomic E-state index is -0.990. The van der Waals surface area contributed by atoms with Crippen LogP contribution >= 0.6 is 0 Å². The maximum absolute atomic E-state index is 12.0. The predicted molar refractivity (Wildman–Crippen MR) is 83.3 cm³/mol. The third-order valence-electron chi connectivity index (χ3n) is 4.21. The first kappa shape index (κ1) is 17.2. The van der Waals surface area contributed by atoms with Crippen molar-refractivity contribution >= 4 is 17.6 Å². The molecule has 0 bridgehead atoms. The fourth-order valence-corrected chi connectivity index (χ4v) is 1.70. The Kier molecular flexibility index (Phi) is 5.12. The fraction of sp³-hybridized carbons (Fsp3) is 0.500. The van der Waals surface area contributed by atoms with Crippen LogP contribution in [0.3, 0.4) is 0 Å². The summed E-state index contributed by atoms with van der Waals surface area (Å²) in [5, 5.41) is 15.1. The van der Waals surface area contributed by atoms with Gasteiger partial charge in [0.25, 0.3) is 0 Å². The molecule has 1 aromatic rings. The Balaban J connectivity index is 2.65. The van der Waals surface area contributed by atoms with Gasteiger partial charge in [0.2, 0.25) is 5.91 Å². The van der Waals surface area contributed by atoms with Gasteiger partial charge in [-0.15, -0.1) is 0 Å². The van der Waals surface area contributed by atoms with E-state index in [4.69, 9.17) is 0 Å². The van der Waals surface area contributed by atoms with Crippen LogP contribution < -0.4 is 10.6 Å². The molecule has 0 atom stereocenters. The second-order valence-corrected chi connectivity index (χ2v) is 6.27. The number of hydrogen-bond donors (Lipinski definition) is 3. The van der Waals surface area contributed by atoms with E-state index in [-0.39, 0.29) is 12.5 Å². The molecular formula is C16H24N2O3. The lowest BCUT2D eigenvalue weighted by Gasteiger charge is -2.38. The predicted octanol–water partition coefficient (Wildman–Crippen LogP) is 2.41. The van der Waals surface area contributed by atoms with Crippen molar-refractivity contribution in [2.75, 3.05) is 11.9 Å². The van der Waals surface area contributed by atoms with Crippen LogP contribution in [0, 0.1) is 12.3 Å². The number of aryl methyl sites for hydroxylation is 1. The van der Waals surface area contributed by atoms with Crippen LogP contribution in [-0.4, -0.2) is 29.1 Å². The summed E-state index contributed by atoms with van der Waals surface area (Å²) in [4.78, 5) is 23.3. The minimum Gasteiger partial charge on any atom is -0.481 e. The number of carbonyl (C=O) groups is 2. The average molecular weight is 292 g/mol. The number of benzene rings is 1. The second-order valence-electron chi connectivity index (χ2n) is 6.27. The lowest BCUT2D eigenvalue weighted by atomic mass is 9.74. The first-order valence-electron chi connectivity index (χ1n) is 6.92. The number of anilines is 1. The van der Waals surface area contributed by atoms with E-state index in [9.17, 15) is 14.7 Å². The van der Waals surface area contributed by atoms with Gasteiger partial charge in [0.1, 0.15) is 0 Å². The van der Waals surface area contributed by atoms with Crippen LogP contribution in [0.15, 0.2) is 24.3 Å². The van der Waals surface area contributed by atoms with E-state index >= 15 is 0 Å². The van der Waals surface area contributed by atoms with Crippen LogP contribution in [0.4, 0.5) is 5.69 Å². The molecule has 0 heterocycles. The number of amides is 1. The number of carboxylic acids is 1. The summed E-state index contributed by atoms with van der Waals surface area (Å²) in [6, 6.07) is 7.51. The Labute approximate surface area is 125 Å². The Morgan fingerprint density at radius 3 is 2.24 bits per heavy atom. The molecule has 0 aliphatic rings. The van der Waals surface area contributed by atoms with E-state index in [0.29, 0.717) is 0 Å². The summed E-state index contributed by atoms with van der Waals surface area (Å²) in [7, 11) is 0. The summed E-state index contributed by atoms with van der Waals surface area (Å²) in [5.41, 5.74) is 0.0354. The summed E-state index contributed by atoms with van der Waals surface area (Å²) < 4.78 is 0. The molecule has 0 saturated carbocycles. The average Bonchev–Trinajstić information content (AvgIpc) is 2.39. The summed E-state index contributed by atoms with van der Waals surface area (Å²) in [6.45, 7) is 8.81. The number of carbonyl (C=O) groups excluding carboxylic acids is 1. The SMILES string of the molecule is Cc1ccccc1NC(=O)CNC(C)(C)C(C)(C)C(=O)O. The molecule has 0 fully saturated rings. The van der Waals surface area contributed by atoms with Gasteiger partial charge in [-0.25, -0.2) is 0 Å². The number of nitrogens with one attached hydrogen (secondary N) is 2. The summed E-state index contributed by atoms with van der Waals surface area (Å²) >= 11 is 0. The van der Waals surface area contributed by atoms with Gasteiger partial charge in [-0.05, 0) is 46.2 Å². The summed E-state index contributed by atoms with van der Waals surface area (Å²) in [6.07, 6.45) is 0. The monoisotopic (exact) mass is 292 g/mol. The Hall–Kier alpha value is -1.88. The van der Waals surface area contributed by atoms with Crippen molar-refractivity contribution in [1.82, 2.24) is 5.32 Å². The molecule has 1 aromatic carbocycles. The van der Waals surface area contributed by atoms with Crippen molar-refractivity contribution in [3.63, 3.8) is 0 Å². The van der Waals surface area contributed by atoms with Crippen molar-refractivity contribution in [2.45, 2.75) is 40.2 Å². The maximum atomic E-state index is 12.0. The number of rotatable bonds is 6. The molecular weight excluding hydrogens is 268 g/mol. The van der Waals surface area contributed by atoms with E-state index in [1.807, 2.05) is 31.2 Å². The minimum absolute atomic E-state index is 0.0536. The molecule has 0 saturated heterocycles. The van der Waals surface area contributed by atoms with Crippen molar-refractivity contribution in [3.05, 3.63) is 29.8 Å². The Morgan fingerprint density at radius 2 is 1.71 bits per heavy atom. The van der Waals surface area contributed by atoms with E-state index in [1.54, 1.807) is 27.7 Å². The van der Waals surface area contributed by atoms with Crippen molar-refractivity contribution in [2.24, 2.45) is 5.41 Å². The fourth-order valence-electron chi connectivity index (χ4n) is 1.70. The van der Waals surface area contributed by atoms with Crippen LogP contribution in [0.2, 0.25) is 0 Å². The zero-order chi connectivity index (χ0) is 16.3. The van der Waals surface area contributed by atoms with Gasteiger partial charge in [-0.2, -0.15) is 0 Å². The van der Waals surface area contributed by atoms with Crippen molar-refractivity contribution in [3.8, 4) is 0 Å². The highest BCUT2D eigenvalue weighted by Gasteiger charge is 2.43. The van der Waals surface area contributed by atoms with Gasteiger partial charge < -0.3 is 15.7 Å². The molecule has 21 heavy (non-hydrogen) atoms. The van der Waals surface area contributed by atoms with Crippen LogP contribution in [0.1, 0.15) is 33.3 Å². The first-order valence-corrected chi connectivity index (χ1v) is 6.92. The molecule has 5 heteroatoms. The lowest BCUT2D eigenvalue weighted by Crippen LogP contribution is -2.56. The zero-order valence-corrected chi connectivity index (χ0v) is 13.3. The van der Waals surface area contributed by atoms with E-state index in [0.717, 1.165) is 11.3 Å². The summed E-state index contributed by atoms with van der Waals surface area (Å²) in [5.74, 6) is -1.10. The molecule has 0 aliphatic carbocycles. The van der Waals surface area contributed by atoms with Crippen LogP contribution in [-0.2, 0) is 9.59 Å². The van der Waals surface area contributed by atoms with Crippen LogP contribution in [0.5, 0.6) is 0 Å². The normalized spacial score (nSPS) is 12.0. The number of hydrogen-bond acceptors (Lipinski definition) is 3. The molecule has 5 nitrogen and oxygen atoms in total. The third-order valence-corrected chi connectivity index (χ3v) is 4.21. The quantitative estimate of drug-likeness (QED) is 0.752. The molecule has 0 spiro atoms. The van der Waals surface area contributed by atoms with Gasteiger partial charge in [0.15, 0.2) is 0 Å². The maximum Gasteiger partial charge on any atom is 0.310 e. The highest BCUT2D eigenvalue weighted by molar-refractivity contribution is 5.93. The molecule has 0 radical (unpaired) electrons. The largest absolute Gasteiger partial charge is 0.481 e. The van der Waals surface area contributed by atoms with Gasteiger partial charge >= 0.3 is 5.97 Å². The van der Waals surface area contributed by atoms with Crippen molar-refractivity contribution in [1.29, 1.82) is 0 Å². The van der Waals surface area contributed by atoms with E-state index in [2.05, 4.69) is 10.6 Å². The molecule has 3 N–H and O–H groups in total. The van der Waals surface area contributed by atoms with Crippen molar-refractivity contribution < 1.29 is 14.7 Å². The molecule has 0 aliphatic heterocycles.